The number of hydrogen-bond donors (Lipinski definition) is 4. The zero-order chi connectivity index (χ0) is 32.1. The normalized spacial score (nSPS) is 20.9. The minimum atomic E-state index is -0.946. The maximum atomic E-state index is 13.9. The monoisotopic (exact) mass is 630 g/mol. The number of nitrogens with zero attached hydrogens (tertiary/aromatic N) is 1. The first-order chi connectivity index (χ1) is 21.7. The average Bonchev–Trinajstić information content (AvgIpc) is 3.29. The summed E-state index contributed by atoms with van der Waals surface area (Å²) in [6.07, 6.45) is 2.91. The highest BCUT2D eigenvalue weighted by atomic mass is 35.5. The molecule has 0 radical (unpaired) electrons. The third kappa shape index (κ3) is 6.99. The number of methoxy groups -OCH3 is 1. The molecule has 9 heteroatoms. The van der Waals surface area contributed by atoms with Crippen LogP contribution in [0.5, 0.6) is 5.75 Å². The van der Waals surface area contributed by atoms with Crippen molar-refractivity contribution in [3.63, 3.8) is 0 Å². The predicted molar refractivity (Wildman–Crippen MR) is 176 cm³/mol. The lowest BCUT2D eigenvalue weighted by Gasteiger charge is -2.36. The highest BCUT2D eigenvalue weighted by molar-refractivity contribution is 6.32. The number of rotatable bonds is 12. The third-order valence-electron chi connectivity index (χ3n) is 8.78. The average molecular weight is 631 g/mol. The molecule has 1 aliphatic carbocycles. The van der Waals surface area contributed by atoms with Crippen LogP contribution in [-0.4, -0.2) is 53.6 Å². The van der Waals surface area contributed by atoms with Crippen molar-refractivity contribution >= 4 is 46.6 Å². The molecule has 1 aliphatic heterocycles. The molecule has 0 spiro atoms. The number of anilines is 3. The van der Waals surface area contributed by atoms with E-state index in [1.165, 1.54) is 11.0 Å². The smallest absolute Gasteiger partial charge is 0.238 e. The number of imide groups is 1. The number of nitrogens with one attached hydrogen (secondary N) is 1. The quantitative estimate of drug-likeness (QED) is 0.133. The van der Waals surface area contributed by atoms with E-state index in [2.05, 4.69) is 5.32 Å². The van der Waals surface area contributed by atoms with Crippen molar-refractivity contribution in [1.82, 2.24) is 0 Å². The molecule has 8 nitrogen and oxygen atoms in total. The first kappa shape index (κ1) is 32.4. The van der Waals surface area contributed by atoms with E-state index in [0.717, 1.165) is 34.5 Å². The summed E-state index contributed by atoms with van der Waals surface area (Å²) in [5.74, 6) is -2.75. The Bertz CT molecular complexity index is 1590. The summed E-state index contributed by atoms with van der Waals surface area (Å²) in [5, 5.41) is 35.6. The topological polar surface area (TPSA) is 119 Å². The van der Waals surface area contributed by atoms with Crippen molar-refractivity contribution in [3.05, 3.63) is 100 Å². The number of allylic oxidation sites excluding steroid dienone is 1. The number of fused-ring (bicyclic) bond motifs is 1. The van der Waals surface area contributed by atoms with Gasteiger partial charge < -0.3 is 25.4 Å². The van der Waals surface area contributed by atoms with E-state index in [1.807, 2.05) is 55.5 Å². The number of aliphatic hydroxyl groups excluding tert-OH is 2. The fraction of sp³-hybridized carbons (Fsp3) is 0.333. The molecule has 1 heterocycles. The van der Waals surface area contributed by atoms with Gasteiger partial charge in [-0.15, -0.1) is 0 Å². The fourth-order valence-corrected chi connectivity index (χ4v) is 6.81. The van der Waals surface area contributed by atoms with Crippen molar-refractivity contribution in [1.29, 1.82) is 0 Å². The molecular weight excluding hydrogens is 592 g/mol. The molecule has 2 amide bonds. The molecule has 0 aromatic heterocycles. The van der Waals surface area contributed by atoms with E-state index >= 15 is 0 Å². The summed E-state index contributed by atoms with van der Waals surface area (Å²) in [7, 11) is 1.55. The van der Waals surface area contributed by atoms with Crippen LogP contribution in [0.2, 0.25) is 5.02 Å². The third-order valence-corrected chi connectivity index (χ3v) is 9.11. The van der Waals surface area contributed by atoms with Gasteiger partial charge in [-0.05, 0) is 97.0 Å². The van der Waals surface area contributed by atoms with Crippen LogP contribution in [0.15, 0.2) is 89.5 Å². The zero-order valence-electron chi connectivity index (χ0n) is 25.4. The lowest BCUT2D eigenvalue weighted by Crippen LogP contribution is -2.39. The number of para-hydroxylation sites is 1. The number of aliphatic hydroxyl groups is 2. The second kappa shape index (κ2) is 14.4. The summed E-state index contributed by atoms with van der Waals surface area (Å²) < 4.78 is 5.47. The van der Waals surface area contributed by atoms with Crippen LogP contribution in [-0.2, 0) is 14.3 Å². The van der Waals surface area contributed by atoms with Crippen molar-refractivity contribution in [2.75, 3.05) is 30.5 Å². The summed E-state index contributed by atoms with van der Waals surface area (Å²) in [5.41, 5.74) is 5.36. The van der Waals surface area contributed by atoms with Crippen molar-refractivity contribution in [2.45, 2.75) is 38.7 Å². The lowest BCUT2D eigenvalue weighted by atomic mass is 9.68. The van der Waals surface area contributed by atoms with Crippen LogP contribution >= 0.6 is 11.6 Å². The number of benzene rings is 3. The number of hydrogen-bond acceptors (Lipinski definition) is 7. The maximum absolute atomic E-state index is 13.9. The Morgan fingerprint density at radius 2 is 1.78 bits per heavy atom. The van der Waals surface area contributed by atoms with Gasteiger partial charge in [-0.1, -0.05) is 48.4 Å². The summed E-state index contributed by atoms with van der Waals surface area (Å²) in [6.45, 7) is 1.83. The number of ether oxygens (including phenoxy) is 1. The number of phenolic OH excluding ortho intramolecular Hbond substituents is 1. The van der Waals surface area contributed by atoms with E-state index in [0.29, 0.717) is 29.1 Å². The Labute approximate surface area is 268 Å². The molecule has 2 aliphatic rings. The number of carbonyl (C=O) groups excluding carboxylic acids is 2. The molecule has 0 unspecified atom stereocenters. The maximum Gasteiger partial charge on any atom is 0.238 e. The largest absolute Gasteiger partial charge is 0.508 e. The highest BCUT2D eigenvalue weighted by Gasteiger charge is 2.55. The van der Waals surface area contributed by atoms with Gasteiger partial charge in [0.25, 0.3) is 0 Å². The molecule has 5 rings (SSSR count). The minimum Gasteiger partial charge on any atom is -0.508 e. The Hall–Kier alpha value is -3.95. The van der Waals surface area contributed by atoms with E-state index < -0.39 is 23.9 Å². The Morgan fingerprint density at radius 1 is 1.07 bits per heavy atom. The van der Waals surface area contributed by atoms with E-state index in [9.17, 15) is 24.9 Å². The van der Waals surface area contributed by atoms with Crippen LogP contribution in [0.25, 0.3) is 6.08 Å². The van der Waals surface area contributed by atoms with Crippen LogP contribution in [0.1, 0.15) is 38.2 Å². The molecule has 3 aromatic carbocycles. The summed E-state index contributed by atoms with van der Waals surface area (Å²) in [4.78, 5) is 28.9. The minimum absolute atomic E-state index is 0.0875. The lowest BCUT2D eigenvalue weighted by molar-refractivity contribution is -0.123. The van der Waals surface area contributed by atoms with Gasteiger partial charge in [0.2, 0.25) is 11.8 Å². The van der Waals surface area contributed by atoms with Gasteiger partial charge in [0.15, 0.2) is 0 Å². The first-order valence-corrected chi connectivity index (χ1v) is 15.6. The first-order valence-electron chi connectivity index (χ1n) is 15.2. The number of phenols is 1. The molecule has 4 atom stereocenters. The molecule has 45 heavy (non-hydrogen) atoms. The number of halogens is 1. The van der Waals surface area contributed by atoms with Crippen LogP contribution < -0.4 is 10.2 Å². The van der Waals surface area contributed by atoms with E-state index in [4.69, 9.17) is 16.3 Å². The second-order valence-corrected chi connectivity index (χ2v) is 12.0. The van der Waals surface area contributed by atoms with Crippen molar-refractivity contribution < 1.29 is 29.6 Å². The predicted octanol–water partition coefficient (Wildman–Crippen LogP) is 6.48. The fourth-order valence-electron chi connectivity index (χ4n) is 6.58. The molecule has 4 N–H and O–H groups in total. The van der Waals surface area contributed by atoms with Gasteiger partial charge >= 0.3 is 0 Å². The summed E-state index contributed by atoms with van der Waals surface area (Å²) in [6, 6.07) is 21.6. The van der Waals surface area contributed by atoms with E-state index in [1.54, 1.807) is 31.4 Å². The van der Waals surface area contributed by atoms with E-state index in [-0.39, 0.29) is 37.2 Å². The van der Waals surface area contributed by atoms with Gasteiger partial charge in [-0.2, -0.15) is 0 Å². The van der Waals surface area contributed by atoms with Crippen LogP contribution in [0, 0.1) is 17.8 Å². The van der Waals surface area contributed by atoms with Crippen molar-refractivity contribution in [2.24, 2.45) is 17.8 Å². The Kier molecular flexibility index (Phi) is 10.4. The van der Waals surface area contributed by atoms with Crippen LogP contribution in [0.3, 0.4) is 0 Å². The highest BCUT2D eigenvalue weighted by Crippen LogP contribution is 2.47. The molecule has 0 bridgehead atoms. The molecule has 236 valence electrons. The number of amides is 2. The molecule has 1 fully saturated rings. The number of aromatic hydroxyl groups is 1. The number of carbonyl (C=O) groups is 2. The van der Waals surface area contributed by atoms with Gasteiger partial charge in [-0.3, -0.25) is 14.5 Å². The van der Waals surface area contributed by atoms with Gasteiger partial charge in [0.1, 0.15) is 5.75 Å². The SMILES string of the molecule is CC/C(=C\c1ccc(O)cc1Cl)CC[C@@H](O)C1=C(COC)C[C@H]2C(=O)N(c3ccc(Nc4ccccc4)cc3)C(=O)[C@H]2[C@H]1CO. The molecular formula is C36H39ClN2O6. The summed E-state index contributed by atoms with van der Waals surface area (Å²) >= 11 is 6.31. The van der Waals surface area contributed by atoms with Gasteiger partial charge in [0, 0.05) is 24.4 Å². The van der Waals surface area contributed by atoms with Crippen molar-refractivity contribution in [3.8, 4) is 5.75 Å². The van der Waals surface area contributed by atoms with Gasteiger partial charge in [0.05, 0.1) is 41.9 Å². The molecule has 3 aromatic rings. The second-order valence-electron chi connectivity index (χ2n) is 11.6. The Balaban J connectivity index is 1.36. The molecule has 0 saturated carbocycles. The Morgan fingerprint density at radius 3 is 2.42 bits per heavy atom. The van der Waals surface area contributed by atoms with Crippen LogP contribution in [0.4, 0.5) is 17.1 Å². The molecule has 1 saturated heterocycles. The zero-order valence-corrected chi connectivity index (χ0v) is 26.2. The van der Waals surface area contributed by atoms with Gasteiger partial charge in [-0.25, -0.2) is 0 Å². The standard InChI is InChI=1S/C36H39ClN2O6/c1-3-22(17-23-10-15-28(41)19-31(23)37)9-16-32(42)33-24(21-45-2)18-29-34(30(33)20-40)36(44)39(35(29)43)27-13-11-26(12-14-27)38-25-7-5-4-6-8-25/h4-8,10-15,17,19,29-30,32,34,38,40-42H,3,9,16,18,20-21H2,1-2H3/b22-17+/t29-,30+,32-,34-/m1/s1.